The number of nitrogens with two attached hydrogens (primary N) is 1. The summed E-state index contributed by atoms with van der Waals surface area (Å²) in [4.78, 5) is 29.5. The van der Waals surface area contributed by atoms with Crippen LogP contribution in [0.15, 0.2) is 9.59 Å². The Kier molecular flexibility index (Phi) is 4.85. The van der Waals surface area contributed by atoms with Crippen molar-refractivity contribution in [3.63, 3.8) is 0 Å². The van der Waals surface area contributed by atoms with Gasteiger partial charge in [-0.3, -0.25) is 13.9 Å². The molecule has 0 bridgehead atoms. The number of rotatable bonds is 6. The number of imidazole rings is 1. The lowest BCUT2D eigenvalue weighted by Crippen LogP contribution is -2.39. The Balaban J connectivity index is 2.85. The van der Waals surface area contributed by atoms with Crippen molar-refractivity contribution < 1.29 is 0 Å². The van der Waals surface area contributed by atoms with Crippen LogP contribution in [0, 0.1) is 0 Å². The first-order valence-electron chi connectivity index (χ1n) is 7.90. The molecule has 2 aromatic rings. The Labute approximate surface area is 129 Å². The van der Waals surface area contributed by atoms with Gasteiger partial charge in [0.2, 0.25) is 0 Å². The van der Waals surface area contributed by atoms with E-state index in [0.717, 1.165) is 23.2 Å². The highest BCUT2D eigenvalue weighted by Gasteiger charge is 2.20. The highest BCUT2D eigenvalue weighted by Crippen LogP contribution is 2.13. The zero-order chi connectivity index (χ0) is 16.4. The van der Waals surface area contributed by atoms with Crippen LogP contribution in [0.1, 0.15) is 39.4 Å². The highest BCUT2D eigenvalue weighted by molar-refractivity contribution is 5.71. The van der Waals surface area contributed by atoms with Gasteiger partial charge in [-0.2, -0.15) is 0 Å². The van der Waals surface area contributed by atoms with E-state index >= 15 is 0 Å². The summed E-state index contributed by atoms with van der Waals surface area (Å²) in [5, 5.41) is 0. The molecule has 1 unspecified atom stereocenters. The van der Waals surface area contributed by atoms with Crippen LogP contribution in [-0.4, -0.2) is 24.7 Å². The summed E-state index contributed by atoms with van der Waals surface area (Å²) < 4.78 is 4.63. The summed E-state index contributed by atoms with van der Waals surface area (Å²) in [6.45, 7) is 7.08. The van der Waals surface area contributed by atoms with Crippen molar-refractivity contribution in [2.24, 2.45) is 12.8 Å². The van der Waals surface area contributed by atoms with Crippen molar-refractivity contribution in [1.82, 2.24) is 18.7 Å². The summed E-state index contributed by atoms with van der Waals surface area (Å²) in [5.41, 5.74) is 6.42. The molecule has 22 heavy (non-hydrogen) atoms. The molecule has 2 aromatic heterocycles. The van der Waals surface area contributed by atoms with Crippen molar-refractivity contribution in [1.29, 1.82) is 0 Å². The van der Waals surface area contributed by atoms with E-state index in [2.05, 4.69) is 4.98 Å². The number of hydrogen-bond donors (Lipinski definition) is 1. The molecule has 2 N–H and O–H groups in total. The molecule has 0 aromatic carbocycles. The molecule has 2 heterocycles. The first-order chi connectivity index (χ1) is 10.5. The van der Waals surface area contributed by atoms with Crippen molar-refractivity contribution in [3.05, 3.63) is 26.7 Å². The number of aryl methyl sites for hydroxylation is 2. The molecule has 2 rings (SSSR count). The predicted molar refractivity (Wildman–Crippen MR) is 87.2 cm³/mol. The maximum absolute atomic E-state index is 12.6. The van der Waals surface area contributed by atoms with Crippen LogP contribution in [-0.2, 0) is 26.6 Å². The smallest absolute Gasteiger partial charge is 0.326 e. The summed E-state index contributed by atoms with van der Waals surface area (Å²) >= 11 is 0. The molecule has 0 spiro atoms. The van der Waals surface area contributed by atoms with E-state index in [9.17, 15) is 9.59 Å². The summed E-state index contributed by atoms with van der Waals surface area (Å²) in [6, 6.07) is -0.0426. The number of hydrogen-bond acceptors (Lipinski definition) is 4. The molecule has 0 aliphatic rings. The Bertz CT molecular complexity index is 784. The second kappa shape index (κ2) is 6.48. The quantitative estimate of drug-likeness (QED) is 0.847. The van der Waals surface area contributed by atoms with Crippen molar-refractivity contribution in [3.8, 4) is 0 Å². The van der Waals surface area contributed by atoms with E-state index in [0.29, 0.717) is 30.7 Å². The van der Waals surface area contributed by atoms with Crippen LogP contribution < -0.4 is 17.0 Å². The third-order valence-corrected chi connectivity index (χ3v) is 4.01. The highest BCUT2D eigenvalue weighted by atomic mass is 16.2. The summed E-state index contributed by atoms with van der Waals surface area (Å²) in [5.74, 6) is 0.798. The lowest BCUT2D eigenvalue weighted by atomic mass is 10.2. The molecule has 7 heteroatoms. The fourth-order valence-electron chi connectivity index (χ4n) is 2.66. The van der Waals surface area contributed by atoms with Gasteiger partial charge in [-0.25, -0.2) is 9.78 Å². The molecule has 0 amide bonds. The molecule has 0 radical (unpaired) electrons. The molecular formula is C15H25N5O2. The number of aromatic nitrogens is 4. The maximum atomic E-state index is 12.6. The van der Waals surface area contributed by atoms with Gasteiger partial charge in [0, 0.05) is 32.6 Å². The van der Waals surface area contributed by atoms with Crippen molar-refractivity contribution >= 4 is 11.2 Å². The van der Waals surface area contributed by atoms with Gasteiger partial charge in [-0.1, -0.05) is 20.8 Å². The van der Waals surface area contributed by atoms with E-state index in [1.54, 1.807) is 4.57 Å². The summed E-state index contributed by atoms with van der Waals surface area (Å²) in [7, 11) is 1.51. The second-order valence-electron chi connectivity index (χ2n) is 5.63. The van der Waals surface area contributed by atoms with Crippen LogP contribution in [0.3, 0.4) is 0 Å². The van der Waals surface area contributed by atoms with Crippen LogP contribution in [0.25, 0.3) is 11.2 Å². The zero-order valence-corrected chi connectivity index (χ0v) is 13.8. The lowest BCUT2D eigenvalue weighted by molar-refractivity contribution is 0.531. The molecule has 0 saturated carbocycles. The third kappa shape index (κ3) is 2.61. The van der Waals surface area contributed by atoms with E-state index < -0.39 is 0 Å². The van der Waals surface area contributed by atoms with Gasteiger partial charge >= 0.3 is 5.69 Å². The topological polar surface area (TPSA) is 87.8 Å². The lowest BCUT2D eigenvalue weighted by Gasteiger charge is -2.13. The Morgan fingerprint density at radius 2 is 1.86 bits per heavy atom. The minimum atomic E-state index is -0.313. The average molecular weight is 307 g/mol. The van der Waals surface area contributed by atoms with Gasteiger partial charge in [-0.05, 0) is 12.8 Å². The molecule has 0 aliphatic heterocycles. The van der Waals surface area contributed by atoms with Crippen LogP contribution in [0.4, 0.5) is 0 Å². The minimum absolute atomic E-state index is 0.0426. The number of fused-ring (bicyclic) bond motifs is 1. The fourth-order valence-corrected chi connectivity index (χ4v) is 2.66. The number of nitrogens with zero attached hydrogens (tertiary/aromatic N) is 4. The fraction of sp³-hybridized carbons (Fsp3) is 0.667. The SMILES string of the molecule is CCCn1c(=O)n(C)c(=O)c2c1nc(CC)n2CC(N)CC. The third-order valence-electron chi connectivity index (χ3n) is 4.01. The zero-order valence-electron chi connectivity index (χ0n) is 13.8. The van der Waals surface area contributed by atoms with Crippen molar-refractivity contribution in [2.45, 2.75) is 59.2 Å². The Morgan fingerprint density at radius 1 is 1.18 bits per heavy atom. The van der Waals surface area contributed by atoms with Crippen LogP contribution in [0.5, 0.6) is 0 Å². The van der Waals surface area contributed by atoms with Gasteiger partial charge in [0.05, 0.1) is 0 Å². The summed E-state index contributed by atoms with van der Waals surface area (Å²) in [6.07, 6.45) is 2.31. The van der Waals surface area contributed by atoms with E-state index in [-0.39, 0.29) is 17.3 Å². The average Bonchev–Trinajstić information content (AvgIpc) is 2.87. The standard InChI is InChI=1S/C15H25N5O2/c1-5-8-19-13-12(14(21)18(4)15(19)22)20(9-10(16)6-2)11(7-3)17-13/h10H,5-9,16H2,1-4H3. The Hall–Kier alpha value is -1.89. The van der Waals surface area contributed by atoms with Crippen molar-refractivity contribution in [2.75, 3.05) is 0 Å². The second-order valence-corrected chi connectivity index (χ2v) is 5.63. The molecule has 7 nitrogen and oxygen atoms in total. The van der Waals surface area contributed by atoms with Gasteiger partial charge in [0.15, 0.2) is 11.2 Å². The molecular weight excluding hydrogens is 282 g/mol. The normalized spacial score (nSPS) is 13.0. The molecule has 1 atom stereocenters. The molecule has 0 aliphatic carbocycles. The maximum Gasteiger partial charge on any atom is 0.332 e. The predicted octanol–water partition coefficient (Wildman–Crippen LogP) is 0.606. The Morgan fingerprint density at radius 3 is 2.41 bits per heavy atom. The van der Waals surface area contributed by atoms with E-state index in [1.165, 1.54) is 7.05 Å². The van der Waals surface area contributed by atoms with Gasteiger partial charge in [-0.15, -0.1) is 0 Å². The molecule has 122 valence electrons. The monoisotopic (exact) mass is 307 g/mol. The van der Waals surface area contributed by atoms with Crippen LogP contribution in [0.2, 0.25) is 0 Å². The van der Waals surface area contributed by atoms with Gasteiger partial charge < -0.3 is 10.3 Å². The van der Waals surface area contributed by atoms with Gasteiger partial charge in [0.25, 0.3) is 5.56 Å². The first kappa shape index (κ1) is 16.5. The largest absolute Gasteiger partial charge is 0.332 e. The van der Waals surface area contributed by atoms with Crippen LogP contribution >= 0.6 is 0 Å². The molecule has 0 saturated heterocycles. The van der Waals surface area contributed by atoms with E-state index in [4.69, 9.17) is 5.73 Å². The van der Waals surface area contributed by atoms with E-state index in [1.807, 2.05) is 25.3 Å². The molecule has 0 fully saturated rings. The van der Waals surface area contributed by atoms with Gasteiger partial charge in [0.1, 0.15) is 5.82 Å². The first-order valence-corrected chi connectivity index (χ1v) is 7.90. The minimum Gasteiger partial charge on any atom is -0.326 e.